The smallest absolute Gasteiger partial charge is 0.325 e. The third-order valence-corrected chi connectivity index (χ3v) is 5.49. The average Bonchev–Trinajstić information content (AvgIpc) is 3.02. The largest absolute Gasteiger partial charge is 0.354 e. The molecule has 2 aromatic carbocycles. The van der Waals surface area contributed by atoms with E-state index in [-0.39, 0.29) is 23.0 Å². The van der Waals surface area contributed by atoms with Gasteiger partial charge in [-0.15, -0.1) is 0 Å². The summed E-state index contributed by atoms with van der Waals surface area (Å²) < 4.78 is 36.4. The van der Waals surface area contributed by atoms with Crippen molar-refractivity contribution in [1.82, 2.24) is 10.2 Å². The molecule has 3 amide bonds. The number of para-hydroxylation sites is 1. The van der Waals surface area contributed by atoms with E-state index in [2.05, 4.69) is 5.32 Å². The Labute approximate surface area is 168 Å². The molecule has 0 aliphatic carbocycles. The number of nitrogens with one attached hydrogen (secondary N) is 1. The Balaban J connectivity index is 1.48. The Kier molecular flexibility index (Phi) is 6.14. The minimum atomic E-state index is -3.73. The van der Waals surface area contributed by atoms with Crippen molar-refractivity contribution in [3.8, 4) is 0 Å². The number of hydrogen-bond donors (Lipinski definition) is 2. The van der Waals surface area contributed by atoms with Crippen LogP contribution in [0.25, 0.3) is 0 Å². The first kappa shape index (κ1) is 20.7. The highest BCUT2D eigenvalue weighted by atomic mass is 32.2. The molecule has 1 saturated heterocycles. The van der Waals surface area contributed by atoms with E-state index < -0.39 is 21.9 Å². The Morgan fingerprint density at radius 3 is 2.45 bits per heavy atom. The molecule has 1 fully saturated rings. The Morgan fingerprint density at radius 2 is 1.79 bits per heavy atom. The van der Waals surface area contributed by atoms with E-state index in [1.54, 1.807) is 24.3 Å². The van der Waals surface area contributed by atoms with Gasteiger partial charge in [0.2, 0.25) is 15.9 Å². The van der Waals surface area contributed by atoms with Gasteiger partial charge in [-0.25, -0.2) is 22.7 Å². The lowest BCUT2D eigenvalue weighted by Gasteiger charge is -2.18. The highest BCUT2D eigenvalue weighted by Crippen LogP contribution is 2.23. The van der Waals surface area contributed by atoms with Crippen LogP contribution in [0, 0.1) is 5.82 Å². The molecule has 0 atom stereocenters. The van der Waals surface area contributed by atoms with Crippen molar-refractivity contribution in [2.75, 3.05) is 31.1 Å². The maximum Gasteiger partial charge on any atom is 0.325 e. The van der Waals surface area contributed by atoms with Crippen molar-refractivity contribution in [3.63, 3.8) is 0 Å². The standard InChI is InChI=1S/C19H21FN4O4S/c20-16-3-1-2-4-17(16)24-12-11-23(19(24)26)13-18(25)22-10-9-14-5-7-15(8-6-14)29(21,27)28/h1-8H,9-13H2,(H,22,25)(H2,21,27,28). The van der Waals surface area contributed by atoms with Gasteiger partial charge in [-0.1, -0.05) is 24.3 Å². The molecule has 29 heavy (non-hydrogen) atoms. The van der Waals surface area contributed by atoms with Crippen molar-refractivity contribution in [2.24, 2.45) is 5.14 Å². The van der Waals surface area contributed by atoms with E-state index in [4.69, 9.17) is 5.14 Å². The number of carbonyl (C=O) groups excluding carboxylic acids is 2. The molecule has 0 bridgehead atoms. The number of carbonyl (C=O) groups is 2. The molecule has 10 heteroatoms. The fourth-order valence-corrected chi connectivity index (χ4v) is 3.56. The van der Waals surface area contributed by atoms with E-state index in [9.17, 15) is 22.4 Å². The minimum absolute atomic E-state index is 0.0252. The van der Waals surface area contributed by atoms with Gasteiger partial charge in [0, 0.05) is 19.6 Å². The molecule has 0 aromatic heterocycles. The van der Waals surface area contributed by atoms with Crippen LogP contribution in [0.3, 0.4) is 0 Å². The second-order valence-electron chi connectivity index (χ2n) is 6.60. The van der Waals surface area contributed by atoms with Crippen molar-refractivity contribution >= 4 is 27.6 Å². The summed E-state index contributed by atoms with van der Waals surface area (Å²) in [5.41, 5.74) is 1.03. The monoisotopic (exact) mass is 420 g/mol. The molecule has 0 saturated carbocycles. The zero-order chi connectivity index (χ0) is 21.0. The predicted octanol–water partition coefficient (Wildman–Crippen LogP) is 1.07. The van der Waals surface area contributed by atoms with Gasteiger partial charge in [-0.05, 0) is 36.2 Å². The number of nitrogens with two attached hydrogens (primary N) is 1. The number of hydrogen-bond acceptors (Lipinski definition) is 4. The van der Waals surface area contributed by atoms with Crippen LogP contribution in [-0.4, -0.2) is 51.4 Å². The van der Waals surface area contributed by atoms with Crippen LogP contribution in [-0.2, 0) is 21.2 Å². The van der Waals surface area contributed by atoms with E-state index in [1.807, 2.05) is 0 Å². The molecule has 1 aliphatic heterocycles. The first-order valence-corrected chi connectivity index (χ1v) is 10.5. The topological polar surface area (TPSA) is 113 Å². The zero-order valence-electron chi connectivity index (χ0n) is 15.5. The number of urea groups is 1. The van der Waals surface area contributed by atoms with E-state index in [0.29, 0.717) is 26.1 Å². The van der Waals surface area contributed by atoms with Gasteiger partial charge in [0.15, 0.2) is 0 Å². The summed E-state index contributed by atoms with van der Waals surface area (Å²) in [5.74, 6) is -0.810. The van der Waals surface area contributed by atoms with Gasteiger partial charge >= 0.3 is 6.03 Å². The normalized spacial score (nSPS) is 14.3. The third-order valence-electron chi connectivity index (χ3n) is 4.56. The maximum absolute atomic E-state index is 13.9. The lowest BCUT2D eigenvalue weighted by Crippen LogP contribution is -2.40. The highest BCUT2D eigenvalue weighted by Gasteiger charge is 2.32. The van der Waals surface area contributed by atoms with Crippen LogP contribution in [0.15, 0.2) is 53.4 Å². The predicted molar refractivity (Wildman–Crippen MR) is 105 cm³/mol. The van der Waals surface area contributed by atoms with E-state index in [0.717, 1.165) is 5.56 Å². The highest BCUT2D eigenvalue weighted by molar-refractivity contribution is 7.89. The van der Waals surface area contributed by atoms with Gasteiger partial charge in [-0.2, -0.15) is 0 Å². The molecule has 0 radical (unpaired) electrons. The van der Waals surface area contributed by atoms with Crippen LogP contribution in [0.5, 0.6) is 0 Å². The second-order valence-corrected chi connectivity index (χ2v) is 8.16. The number of primary sulfonamides is 1. The van der Waals surface area contributed by atoms with Gasteiger partial charge in [0.05, 0.1) is 10.6 Å². The molecular formula is C19H21FN4O4S. The summed E-state index contributed by atoms with van der Waals surface area (Å²) in [6.45, 7) is 0.847. The molecule has 2 aromatic rings. The molecule has 1 aliphatic rings. The molecule has 3 rings (SSSR count). The summed E-state index contributed by atoms with van der Waals surface area (Å²) >= 11 is 0. The van der Waals surface area contributed by atoms with Crippen LogP contribution >= 0.6 is 0 Å². The molecule has 154 valence electrons. The minimum Gasteiger partial charge on any atom is -0.354 e. The van der Waals surface area contributed by atoms with Gasteiger partial charge in [-0.3, -0.25) is 9.69 Å². The second kappa shape index (κ2) is 8.58. The lowest BCUT2D eigenvalue weighted by molar-refractivity contribution is -0.121. The number of amides is 3. The number of nitrogens with zero attached hydrogens (tertiary/aromatic N) is 2. The number of sulfonamides is 1. The Morgan fingerprint density at radius 1 is 1.10 bits per heavy atom. The molecule has 1 heterocycles. The Hall–Kier alpha value is -2.98. The summed E-state index contributed by atoms with van der Waals surface area (Å²) in [6, 6.07) is 11.7. The maximum atomic E-state index is 13.9. The van der Waals surface area contributed by atoms with Gasteiger partial charge in [0.1, 0.15) is 12.4 Å². The SMILES string of the molecule is NS(=O)(=O)c1ccc(CCNC(=O)CN2CCN(c3ccccc3F)C2=O)cc1. The molecular weight excluding hydrogens is 399 g/mol. The molecule has 3 N–H and O–H groups in total. The number of halogens is 1. The summed E-state index contributed by atoms with van der Waals surface area (Å²) in [5, 5.41) is 7.77. The first-order chi connectivity index (χ1) is 13.8. The number of benzene rings is 2. The number of anilines is 1. The van der Waals surface area contributed by atoms with Crippen LogP contribution in [0.4, 0.5) is 14.9 Å². The van der Waals surface area contributed by atoms with Crippen molar-refractivity contribution in [1.29, 1.82) is 0 Å². The molecule has 0 unspecified atom stereocenters. The van der Waals surface area contributed by atoms with Gasteiger partial charge in [0.25, 0.3) is 0 Å². The summed E-state index contributed by atoms with van der Waals surface area (Å²) in [4.78, 5) is 27.3. The molecule has 8 nitrogen and oxygen atoms in total. The van der Waals surface area contributed by atoms with Crippen LogP contribution in [0.2, 0.25) is 0 Å². The molecule has 0 spiro atoms. The quantitative estimate of drug-likeness (QED) is 0.698. The van der Waals surface area contributed by atoms with Gasteiger partial charge < -0.3 is 10.2 Å². The summed E-state index contributed by atoms with van der Waals surface area (Å²) in [6.07, 6.45) is 0.492. The van der Waals surface area contributed by atoms with Crippen molar-refractivity contribution in [3.05, 3.63) is 59.9 Å². The Bertz CT molecular complexity index is 1010. The van der Waals surface area contributed by atoms with Crippen LogP contribution in [0.1, 0.15) is 5.56 Å². The first-order valence-electron chi connectivity index (χ1n) is 8.95. The van der Waals surface area contributed by atoms with E-state index >= 15 is 0 Å². The van der Waals surface area contributed by atoms with Crippen molar-refractivity contribution in [2.45, 2.75) is 11.3 Å². The lowest BCUT2D eigenvalue weighted by atomic mass is 10.1. The fourth-order valence-electron chi connectivity index (χ4n) is 3.04. The summed E-state index contributed by atoms with van der Waals surface area (Å²) in [7, 11) is -3.73. The van der Waals surface area contributed by atoms with E-state index in [1.165, 1.54) is 34.1 Å². The third kappa shape index (κ3) is 5.09. The van der Waals surface area contributed by atoms with Crippen LogP contribution < -0.4 is 15.4 Å². The van der Waals surface area contributed by atoms with Crippen molar-refractivity contribution < 1.29 is 22.4 Å². The zero-order valence-corrected chi connectivity index (χ0v) is 16.4. The average molecular weight is 420 g/mol. The fraction of sp³-hybridized carbons (Fsp3) is 0.263. The number of rotatable bonds is 7.